The molecule has 0 aliphatic rings. The summed E-state index contributed by atoms with van der Waals surface area (Å²) in [7, 11) is 6.09. The van der Waals surface area contributed by atoms with E-state index < -0.39 is 48.4 Å². The molecule has 0 unspecified atom stereocenters. The van der Waals surface area contributed by atoms with Crippen molar-refractivity contribution in [1.29, 1.82) is 0 Å². The van der Waals surface area contributed by atoms with Gasteiger partial charge in [-0.15, -0.1) is 0 Å². The number of H-pyrrole nitrogens is 1. The van der Waals surface area contributed by atoms with Crippen LogP contribution >= 0.6 is 0 Å². The normalized spacial score (nSPS) is 12.5. The fraction of sp³-hybridized carbons (Fsp3) is 0.448. The van der Waals surface area contributed by atoms with Gasteiger partial charge in [-0.2, -0.15) is 13.2 Å². The molecule has 0 radical (unpaired) electrons. The number of hydrogen-bond acceptors (Lipinski definition) is 7. The lowest BCUT2D eigenvalue weighted by Crippen LogP contribution is -2.35. The summed E-state index contributed by atoms with van der Waals surface area (Å²) < 4.78 is 59.4. The first-order valence-electron chi connectivity index (χ1n) is 13.6. The third kappa shape index (κ3) is 8.97. The maximum atomic E-state index is 14.4. The number of aromatic amines is 1. The van der Waals surface area contributed by atoms with E-state index >= 15 is 0 Å². The first-order chi connectivity index (χ1) is 20.6. The van der Waals surface area contributed by atoms with Crippen LogP contribution in [0.2, 0.25) is 0 Å². The van der Waals surface area contributed by atoms with E-state index in [-0.39, 0.29) is 59.8 Å². The average molecular weight is 623 g/mol. The topological polar surface area (TPSA) is 130 Å². The van der Waals surface area contributed by atoms with Crippen molar-refractivity contribution >= 4 is 28.8 Å². The molecule has 0 saturated heterocycles. The van der Waals surface area contributed by atoms with Gasteiger partial charge in [-0.1, -0.05) is 12.1 Å². The molecule has 44 heavy (non-hydrogen) atoms. The van der Waals surface area contributed by atoms with Crippen LogP contribution in [0.25, 0.3) is 11.0 Å². The number of rotatable bonds is 12. The van der Waals surface area contributed by atoms with E-state index in [0.29, 0.717) is 5.69 Å². The van der Waals surface area contributed by atoms with Gasteiger partial charge in [-0.05, 0) is 31.9 Å². The zero-order valence-corrected chi connectivity index (χ0v) is 25.0. The lowest BCUT2D eigenvalue weighted by molar-refractivity contribution is -0.134. The van der Waals surface area contributed by atoms with Crippen molar-refractivity contribution in [3.05, 3.63) is 69.4 Å². The van der Waals surface area contributed by atoms with Crippen LogP contribution in [0, 0.1) is 12.7 Å². The maximum Gasteiger partial charge on any atom is 0.409 e. The van der Waals surface area contributed by atoms with Crippen LogP contribution in [0.3, 0.4) is 0 Å². The smallest absolute Gasteiger partial charge is 0.409 e. The van der Waals surface area contributed by atoms with Crippen LogP contribution in [0.5, 0.6) is 0 Å². The van der Waals surface area contributed by atoms with Crippen LogP contribution in [0.1, 0.15) is 42.0 Å². The molecular formula is C29H34F4N6O5. The van der Waals surface area contributed by atoms with Gasteiger partial charge in [-0.25, -0.2) is 14.2 Å². The molecule has 15 heteroatoms. The van der Waals surface area contributed by atoms with E-state index in [1.54, 1.807) is 33.2 Å². The summed E-state index contributed by atoms with van der Waals surface area (Å²) in [6.07, 6.45) is -4.36. The fourth-order valence-corrected chi connectivity index (χ4v) is 4.18. The molecule has 0 fully saturated rings. The summed E-state index contributed by atoms with van der Waals surface area (Å²) in [5.74, 6) is -1.52. The fourth-order valence-electron chi connectivity index (χ4n) is 4.18. The number of ketones is 1. The largest absolute Gasteiger partial charge is 0.438 e. The quantitative estimate of drug-likeness (QED) is 0.241. The summed E-state index contributed by atoms with van der Waals surface area (Å²) >= 11 is 0. The number of nitrogens with one attached hydrogen (secondary N) is 1. The Kier molecular flexibility index (Phi) is 11.0. The molecule has 3 aromatic heterocycles. The van der Waals surface area contributed by atoms with Crippen LogP contribution < -0.4 is 5.56 Å². The lowest BCUT2D eigenvalue weighted by atomic mass is 10.0. The monoisotopic (exact) mass is 622 g/mol. The highest BCUT2D eigenvalue weighted by molar-refractivity contribution is 5.88. The Morgan fingerprint density at radius 1 is 1.14 bits per heavy atom. The molecule has 1 atom stereocenters. The Bertz CT molecular complexity index is 1610. The van der Waals surface area contributed by atoms with Crippen LogP contribution in [-0.4, -0.2) is 87.6 Å². The number of likely N-dealkylation sites (N-methyl/N-ethyl adjacent to an activating group) is 1. The highest BCUT2D eigenvalue weighted by Gasteiger charge is 2.28. The van der Waals surface area contributed by atoms with Crippen molar-refractivity contribution in [2.24, 2.45) is 0 Å². The van der Waals surface area contributed by atoms with E-state index in [9.17, 15) is 36.7 Å². The number of nitrogens with zero attached hydrogens (tertiary/aromatic N) is 5. The highest BCUT2D eigenvalue weighted by Crippen LogP contribution is 2.25. The van der Waals surface area contributed by atoms with Crippen molar-refractivity contribution in [3.8, 4) is 0 Å². The highest BCUT2D eigenvalue weighted by atomic mass is 19.4. The molecule has 0 bridgehead atoms. The molecule has 2 amide bonds. The number of ether oxygens (including phenoxy) is 1. The summed E-state index contributed by atoms with van der Waals surface area (Å²) in [5, 5.41) is 0. The summed E-state index contributed by atoms with van der Waals surface area (Å²) in [5.41, 5.74) is -0.179. The minimum Gasteiger partial charge on any atom is -0.438 e. The predicted octanol–water partition coefficient (Wildman–Crippen LogP) is 3.71. The number of hydrogen-bond donors (Lipinski definition) is 1. The molecule has 0 saturated carbocycles. The lowest BCUT2D eigenvalue weighted by Gasteiger charge is -2.19. The average Bonchev–Trinajstić information content (AvgIpc) is 3.37. The Hall–Kier alpha value is -4.56. The number of Topliss-reactive ketones (excluding diaryl/α,β-unsaturated/α-hetero) is 1. The van der Waals surface area contributed by atoms with Gasteiger partial charge < -0.3 is 24.1 Å². The van der Waals surface area contributed by atoms with Crippen molar-refractivity contribution in [3.63, 3.8) is 0 Å². The zero-order chi connectivity index (χ0) is 32.8. The molecule has 0 aliphatic heterocycles. The Labute approximate surface area is 250 Å². The Balaban J connectivity index is 1.84. The summed E-state index contributed by atoms with van der Waals surface area (Å²) in [4.78, 5) is 64.0. The zero-order valence-electron chi connectivity index (χ0n) is 25.0. The number of carbonyl (C=O) groups excluding carboxylic acids is 3. The summed E-state index contributed by atoms with van der Waals surface area (Å²) in [6.45, 7) is 1.44. The van der Waals surface area contributed by atoms with Crippen molar-refractivity contribution in [2.45, 2.75) is 57.9 Å². The number of aryl methyl sites for hydroxylation is 2. The molecule has 11 nitrogen and oxygen atoms in total. The van der Waals surface area contributed by atoms with Crippen molar-refractivity contribution in [2.75, 3.05) is 28.2 Å². The Morgan fingerprint density at radius 2 is 1.84 bits per heavy atom. The standard InChI is InChI=1S/C29H34F4N6O5/c1-17-10-11-18(14-21(40)22(44-28(43)38(4)5)8-6-7-9-24(41)37(2)3)27(42)39(17)16-23-35-25-19(30)15-34-20(26(25)36-23)12-13-29(31,32)33/h7,9-11,15,22H,6,8,12-14,16H2,1-5H3,(H,35,36)/b9-7+/t22-/m0/s1. The van der Waals surface area contributed by atoms with Crippen LogP contribution in [0.4, 0.5) is 22.4 Å². The van der Waals surface area contributed by atoms with Gasteiger partial charge in [0.1, 0.15) is 11.3 Å². The number of amides is 2. The van der Waals surface area contributed by atoms with Crippen molar-refractivity contribution in [1.82, 2.24) is 29.3 Å². The van der Waals surface area contributed by atoms with E-state index in [1.807, 2.05) is 0 Å². The van der Waals surface area contributed by atoms with Gasteiger partial charge in [0, 0.05) is 58.7 Å². The Morgan fingerprint density at radius 3 is 2.48 bits per heavy atom. The number of fused-ring (bicyclic) bond motifs is 1. The molecule has 1 N–H and O–H groups in total. The van der Waals surface area contributed by atoms with Crippen LogP contribution in [0.15, 0.2) is 35.3 Å². The number of aromatic nitrogens is 4. The third-order valence-electron chi connectivity index (χ3n) is 6.65. The maximum absolute atomic E-state index is 14.4. The minimum atomic E-state index is -4.43. The second-order valence-electron chi connectivity index (χ2n) is 10.6. The number of pyridine rings is 2. The number of alkyl halides is 3. The van der Waals surface area contributed by atoms with E-state index in [4.69, 9.17) is 4.74 Å². The van der Waals surface area contributed by atoms with Crippen LogP contribution in [-0.2, 0) is 33.7 Å². The minimum absolute atomic E-state index is 0.00756. The van der Waals surface area contributed by atoms with Gasteiger partial charge in [0.2, 0.25) is 5.91 Å². The molecule has 0 aliphatic carbocycles. The second kappa shape index (κ2) is 14.3. The van der Waals surface area contributed by atoms with Gasteiger partial charge in [0.15, 0.2) is 17.7 Å². The van der Waals surface area contributed by atoms with Gasteiger partial charge in [-0.3, -0.25) is 19.4 Å². The number of halogens is 4. The molecule has 0 aromatic carbocycles. The number of allylic oxidation sites excluding steroid dienone is 1. The number of imidazole rings is 1. The molecule has 0 spiro atoms. The number of carbonyl (C=O) groups is 3. The molecule has 238 valence electrons. The van der Waals surface area contributed by atoms with Gasteiger partial charge >= 0.3 is 12.3 Å². The molecule has 3 heterocycles. The SMILES string of the molecule is Cc1ccc(CC(=O)[C@H](CC/C=C/C(=O)N(C)C)OC(=O)N(C)C)c(=O)n1Cc1nc2c(F)cnc(CCC(F)(F)F)c2[nH]1. The third-order valence-corrected chi connectivity index (χ3v) is 6.65. The van der Waals surface area contributed by atoms with Crippen molar-refractivity contribution < 1.29 is 36.7 Å². The van der Waals surface area contributed by atoms with E-state index in [0.717, 1.165) is 11.1 Å². The second-order valence-corrected chi connectivity index (χ2v) is 10.6. The summed E-state index contributed by atoms with van der Waals surface area (Å²) in [6, 6.07) is 3.07. The predicted molar refractivity (Wildman–Crippen MR) is 152 cm³/mol. The molecule has 3 rings (SSSR count). The first-order valence-corrected chi connectivity index (χ1v) is 13.6. The molecular weight excluding hydrogens is 588 g/mol. The van der Waals surface area contributed by atoms with E-state index in [2.05, 4.69) is 15.0 Å². The van der Waals surface area contributed by atoms with Gasteiger partial charge in [0.05, 0.1) is 24.0 Å². The van der Waals surface area contributed by atoms with E-state index in [1.165, 1.54) is 35.7 Å². The first kappa shape index (κ1) is 33.9. The van der Waals surface area contributed by atoms with Gasteiger partial charge in [0.25, 0.3) is 5.56 Å². The molecule has 3 aromatic rings.